The third-order valence-corrected chi connectivity index (χ3v) is 6.97. The van der Waals surface area contributed by atoms with Gasteiger partial charge in [0, 0.05) is 30.6 Å². The Balaban J connectivity index is 2.13. The van der Waals surface area contributed by atoms with E-state index in [-0.39, 0.29) is 48.8 Å². The van der Waals surface area contributed by atoms with Crippen molar-refractivity contribution in [3.05, 3.63) is 29.7 Å². The lowest BCUT2D eigenvalue weighted by atomic mass is 9.96. The molecule has 14 heteroatoms. The van der Waals surface area contributed by atoms with Gasteiger partial charge in [-0.1, -0.05) is 38.9 Å². The number of carbonyl (C=O) groups excluding carboxylic acids is 6. The normalized spacial score (nSPS) is 17.5. The average Bonchev–Trinajstić information content (AvgIpc) is 3.56. The van der Waals surface area contributed by atoms with E-state index < -0.39 is 53.8 Å². The summed E-state index contributed by atoms with van der Waals surface area (Å²) in [6.45, 7) is 12.8. The number of rotatable bonds is 16. The van der Waals surface area contributed by atoms with Crippen LogP contribution in [0.3, 0.4) is 0 Å². The minimum atomic E-state index is -1.01. The van der Waals surface area contributed by atoms with Crippen LogP contribution in [0.25, 0.3) is 0 Å². The maximum absolute atomic E-state index is 13.5. The van der Waals surface area contributed by atoms with Crippen molar-refractivity contribution in [2.45, 2.75) is 91.9 Å². The summed E-state index contributed by atoms with van der Waals surface area (Å²) in [5.41, 5.74) is 0.0202. The zero-order chi connectivity index (χ0) is 33.0. The van der Waals surface area contributed by atoms with Crippen LogP contribution in [0.1, 0.15) is 77.1 Å². The fraction of sp³-hybridized carbons (Fsp3) is 0.633. The third kappa shape index (κ3) is 11.5. The first-order valence-corrected chi connectivity index (χ1v) is 15.0. The molecule has 14 nitrogen and oxygen atoms in total. The molecule has 1 aliphatic rings. The number of hydrogen-bond donors (Lipinski definition) is 5. The van der Waals surface area contributed by atoms with Gasteiger partial charge in [-0.15, -0.1) is 0 Å². The Kier molecular flexibility index (Phi) is 14.0. The minimum Gasteiger partial charge on any atom is -0.463 e. The Morgan fingerprint density at radius 1 is 1.05 bits per heavy atom. The summed E-state index contributed by atoms with van der Waals surface area (Å²) in [5, 5.41) is 17.2. The van der Waals surface area contributed by atoms with Gasteiger partial charge in [0.2, 0.25) is 23.6 Å². The molecule has 1 saturated heterocycles. The van der Waals surface area contributed by atoms with Crippen molar-refractivity contribution in [1.29, 1.82) is 0 Å². The molecule has 0 aromatic carbocycles. The Morgan fingerprint density at radius 3 is 2.30 bits per heavy atom. The number of esters is 1. The van der Waals surface area contributed by atoms with Crippen LogP contribution in [0.2, 0.25) is 0 Å². The first-order chi connectivity index (χ1) is 20.7. The van der Waals surface area contributed by atoms with E-state index in [0.29, 0.717) is 18.7 Å². The molecule has 1 aromatic rings. The fourth-order valence-electron chi connectivity index (χ4n) is 4.62. The number of carbonyl (C=O) groups is 6. The SMILES string of the molecule is CCOC(=O)C=CC(CC1CCNC1=O)NC(=O)C(CC(C)C)NC(=O)C(NC(=O)C(C)NC(=O)c1cc(C)on1)C(C)C. The van der Waals surface area contributed by atoms with E-state index in [1.165, 1.54) is 25.1 Å². The highest BCUT2D eigenvalue weighted by Gasteiger charge is 2.33. The lowest BCUT2D eigenvalue weighted by Crippen LogP contribution is -2.58. The van der Waals surface area contributed by atoms with Gasteiger partial charge in [-0.25, -0.2) is 4.79 Å². The molecule has 2 heterocycles. The number of ether oxygens (including phenoxy) is 1. The van der Waals surface area contributed by atoms with Crippen molar-refractivity contribution in [2.24, 2.45) is 17.8 Å². The van der Waals surface area contributed by atoms with Crippen molar-refractivity contribution in [3.63, 3.8) is 0 Å². The van der Waals surface area contributed by atoms with Gasteiger partial charge in [-0.3, -0.25) is 24.0 Å². The molecule has 1 aromatic heterocycles. The second-order valence-electron chi connectivity index (χ2n) is 11.7. The number of hydrogen-bond acceptors (Lipinski definition) is 9. The first kappa shape index (κ1) is 36.0. The number of amides is 5. The zero-order valence-corrected chi connectivity index (χ0v) is 26.5. The maximum Gasteiger partial charge on any atom is 0.330 e. The van der Waals surface area contributed by atoms with E-state index in [1.54, 1.807) is 27.7 Å². The van der Waals surface area contributed by atoms with Crippen molar-refractivity contribution < 1.29 is 38.0 Å². The molecule has 2 rings (SSSR count). The standard InChI is InChI=1S/C30H46N6O8/c1-8-43-24(37)10-9-21(15-20-11-12-31-27(20)39)33-28(40)22(13-16(2)3)34-30(42)25(17(4)5)35-26(38)19(7)32-29(41)23-14-18(6)44-36-23/h9-10,14,16-17,19-22,25H,8,11-13,15H2,1-7H3,(H,31,39)(H,32,41)(H,33,40)(H,34,42)(H,35,38). The van der Waals surface area contributed by atoms with E-state index in [2.05, 4.69) is 31.7 Å². The van der Waals surface area contributed by atoms with Crippen molar-refractivity contribution in [3.8, 4) is 0 Å². The van der Waals surface area contributed by atoms with Crippen LogP contribution in [0.5, 0.6) is 0 Å². The number of aromatic nitrogens is 1. The highest BCUT2D eigenvalue weighted by molar-refractivity contribution is 5.97. The van der Waals surface area contributed by atoms with E-state index in [1.807, 2.05) is 13.8 Å². The van der Waals surface area contributed by atoms with Crippen LogP contribution < -0.4 is 26.6 Å². The monoisotopic (exact) mass is 618 g/mol. The third-order valence-electron chi connectivity index (χ3n) is 6.97. The van der Waals surface area contributed by atoms with Gasteiger partial charge in [0.05, 0.1) is 6.61 Å². The van der Waals surface area contributed by atoms with Gasteiger partial charge in [-0.05, 0) is 51.9 Å². The zero-order valence-electron chi connectivity index (χ0n) is 26.5. The van der Waals surface area contributed by atoms with E-state index in [9.17, 15) is 28.8 Å². The van der Waals surface area contributed by atoms with Gasteiger partial charge in [0.25, 0.3) is 5.91 Å². The molecule has 0 aliphatic carbocycles. The van der Waals surface area contributed by atoms with E-state index in [4.69, 9.17) is 9.26 Å². The van der Waals surface area contributed by atoms with Crippen molar-refractivity contribution in [2.75, 3.05) is 13.2 Å². The van der Waals surface area contributed by atoms with Crippen LogP contribution in [0.4, 0.5) is 0 Å². The van der Waals surface area contributed by atoms with Gasteiger partial charge in [0.1, 0.15) is 23.9 Å². The quantitative estimate of drug-likeness (QED) is 0.132. The maximum atomic E-state index is 13.5. The predicted molar refractivity (Wildman–Crippen MR) is 160 cm³/mol. The minimum absolute atomic E-state index is 0.0164. The molecule has 44 heavy (non-hydrogen) atoms. The van der Waals surface area contributed by atoms with Gasteiger partial charge >= 0.3 is 5.97 Å². The first-order valence-electron chi connectivity index (χ1n) is 15.0. The highest BCUT2D eigenvalue weighted by atomic mass is 16.5. The Labute approximate surface area is 257 Å². The predicted octanol–water partition coefficient (Wildman–Crippen LogP) is 0.903. The van der Waals surface area contributed by atoms with Crippen LogP contribution in [0, 0.1) is 24.7 Å². The van der Waals surface area contributed by atoms with Gasteiger partial charge in [-0.2, -0.15) is 0 Å². The Hall–Kier alpha value is -4.23. The summed E-state index contributed by atoms with van der Waals surface area (Å²) >= 11 is 0. The van der Waals surface area contributed by atoms with E-state index >= 15 is 0 Å². The highest BCUT2D eigenvalue weighted by Crippen LogP contribution is 2.18. The largest absolute Gasteiger partial charge is 0.463 e. The topological polar surface area (TPSA) is 198 Å². The van der Waals surface area contributed by atoms with Crippen LogP contribution >= 0.6 is 0 Å². The van der Waals surface area contributed by atoms with Crippen molar-refractivity contribution in [1.82, 2.24) is 31.7 Å². The second kappa shape index (κ2) is 17.2. The van der Waals surface area contributed by atoms with Crippen LogP contribution in [-0.2, 0) is 28.7 Å². The summed E-state index contributed by atoms with van der Waals surface area (Å²) in [5.74, 6) is -3.23. The molecule has 1 aliphatic heterocycles. The molecule has 0 bridgehead atoms. The van der Waals surface area contributed by atoms with Crippen LogP contribution in [-0.4, -0.2) is 78.0 Å². The molecule has 5 atom stereocenters. The number of nitrogens with zero attached hydrogens (tertiary/aromatic N) is 1. The molecule has 0 radical (unpaired) electrons. The second-order valence-corrected chi connectivity index (χ2v) is 11.7. The van der Waals surface area contributed by atoms with Gasteiger partial charge in [0.15, 0.2) is 5.69 Å². The smallest absolute Gasteiger partial charge is 0.330 e. The van der Waals surface area contributed by atoms with Crippen LogP contribution in [0.15, 0.2) is 22.7 Å². The molecule has 1 fully saturated rings. The number of aryl methyl sites for hydroxylation is 1. The summed E-state index contributed by atoms with van der Waals surface area (Å²) in [7, 11) is 0. The summed E-state index contributed by atoms with van der Waals surface area (Å²) in [4.78, 5) is 76.4. The Bertz CT molecular complexity index is 1210. The molecule has 0 spiro atoms. The molecule has 5 unspecified atom stereocenters. The molecule has 244 valence electrons. The molecular formula is C30H46N6O8. The molecule has 0 saturated carbocycles. The summed E-state index contributed by atoms with van der Waals surface area (Å²) in [6.07, 6.45) is 3.85. The lowest BCUT2D eigenvalue weighted by molar-refractivity contribution is -0.137. The summed E-state index contributed by atoms with van der Waals surface area (Å²) in [6, 6.07) is -2.22. The number of nitrogens with one attached hydrogen (secondary N) is 5. The lowest BCUT2D eigenvalue weighted by Gasteiger charge is -2.28. The van der Waals surface area contributed by atoms with Crippen molar-refractivity contribution >= 4 is 35.5 Å². The van der Waals surface area contributed by atoms with E-state index in [0.717, 1.165) is 0 Å². The van der Waals surface area contributed by atoms with Gasteiger partial charge < -0.3 is 35.8 Å². The summed E-state index contributed by atoms with van der Waals surface area (Å²) < 4.78 is 9.84. The Morgan fingerprint density at radius 2 is 1.75 bits per heavy atom. The molecule has 5 amide bonds. The molecule has 5 N–H and O–H groups in total. The fourth-order valence-corrected chi connectivity index (χ4v) is 4.62. The molecular weight excluding hydrogens is 572 g/mol. The average molecular weight is 619 g/mol.